The standard InChI is InChI=1S/C17H16Cl2FN5O/c1-22-13-8-25(7-5-9(13)16(21)12-4-6-23-24-12)17(26)10-2-3-11(18)15(20)14(10)19/h2-4,6,21-22H,5,7-8H2,1H3,(H,23,24). The number of rotatable bonds is 4. The van der Waals surface area contributed by atoms with Crippen molar-refractivity contribution in [1.82, 2.24) is 20.4 Å². The Labute approximate surface area is 159 Å². The number of nitrogens with one attached hydrogen (secondary N) is 3. The van der Waals surface area contributed by atoms with Crippen molar-refractivity contribution in [1.29, 1.82) is 5.41 Å². The first-order valence-electron chi connectivity index (χ1n) is 7.85. The third-order valence-electron chi connectivity index (χ3n) is 4.27. The molecule has 0 unspecified atom stereocenters. The normalized spacial score (nSPS) is 14.5. The van der Waals surface area contributed by atoms with E-state index in [9.17, 15) is 9.18 Å². The SMILES string of the molecule is CNC1=C(C(=N)c2ccn[nH]2)CCN(C(=O)c2ccc(Cl)c(F)c2Cl)C1. The van der Waals surface area contributed by atoms with E-state index in [0.717, 1.165) is 11.3 Å². The number of carbonyl (C=O) groups excluding carboxylic acids is 1. The van der Waals surface area contributed by atoms with E-state index in [1.54, 1.807) is 24.2 Å². The number of likely N-dealkylation sites (N-methyl/N-ethyl adjacent to an activating group) is 1. The molecule has 0 atom stereocenters. The van der Waals surface area contributed by atoms with Gasteiger partial charge in [0, 0.05) is 31.1 Å². The minimum Gasteiger partial charge on any atom is -0.390 e. The van der Waals surface area contributed by atoms with Crippen LogP contribution in [-0.4, -0.2) is 46.9 Å². The molecule has 1 aromatic heterocycles. The summed E-state index contributed by atoms with van der Waals surface area (Å²) >= 11 is 11.6. The van der Waals surface area contributed by atoms with E-state index in [-0.39, 0.29) is 28.1 Å². The Balaban J connectivity index is 1.86. The summed E-state index contributed by atoms with van der Waals surface area (Å²) in [5.41, 5.74) is 2.55. The van der Waals surface area contributed by atoms with Gasteiger partial charge in [-0.1, -0.05) is 23.2 Å². The van der Waals surface area contributed by atoms with Gasteiger partial charge in [0.15, 0.2) is 5.82 Å². The Morgan fingerprint density at radius 2 is 2.15 bits per heavy atom. The summed E-state index contributed by atoms with van der Waals surface area (Å²) in [7, 11) is 1.73. The van der Waals surface area contributed by atoms with Crippen molar-refractivity contribution >= 4 is 34.8 Å². The van der Waals surface area contributed by atoms with Gasteiger partial charge in [-0.15, -0.1) is 0 Å². The van der Waals surface area contributed by atoms with Crippen molar-refractivity contribution in [3.8, 4) is 0 Å². The topological polar surface area (TPSA) is 84.9 Å². The molecule has 1 amide bonds. The molecule has 0 fully saturated rings. The number of hydrogen-bond acceptors (Lipinski definition) is 4. The molecule has 0 spiro atoms. The van der Waals surface area contributed by atoms with Gasteiger partial charge in [0.25, 0.3) is 5.91 Å². The van der Waals surface area contributed by atoms with Crippen LogP contribution in [0.2, 0.25) is 10.0 Å². The van der Waals surface area contributed by atoms with Crippen molar-refractivity contribution in [2.24, 2.45) is 0 Å². The van der Waals surface area contributed by atoms with E-state index in [1.165, 1.54) is 12.1 Å². The van der Waals surface area contributed by atoms with Crippen molar-refractivity contribution in [2.75, 3.05) is 20.1 Å². The second-order valence-corrected chi connectivity index (χ2v) is 6.54. The Hall–Kier alpha value is -2.38. The predicted octanol–water partition coefficient (Wildman–Crippen LogP) is 3.24. The molecule has 6 nitrogen and oxygen atoms in total. The van der Waals surface area contributed by atoms with Crippen LogP contribution in [0, 0.1) is 11.2 Å². The molecule has 0 saturated carbocycles. The lowest BCUT2D eigenvalue weighted by Crippen LogP contribution is -2.41. The lowest BCUT2D eigenvalue weighted by molar-refractivity contribution is 0.0762. The number of nitrogens with zero attached hydrogens (tertiary/aromatic N) is 2. The number of halogens is 3. The first kappa shape index (κ1) is 18.4. The summed E-state index contributed by atoms with van der Waals surface area (Å²) in [6.07, 6.45) is 2.06. The van der Waals surface area contributed by atoms with Crippen molar-refractivity contribution < 1.29 is 9.18 Å². The Morgan fingerprint density at radius 3 is 2.81 bits per heavy atom. The largest absolute Gasteiger partial charge is 0.390 e. The number of benzene rings is 1. The smallest absolute Gasteiger partial charge is 0.255 e. The molecule has 0 aliphatic carbocycles. The van der Waals surface area contributed by atoms with Crippen LogP contribution in [0.15, 0.2) is 35.7 Å². The Kier molecular flexibility index (Phi) is 5.29. The number of hydrogen-bond donors (Lipinski definition) is 3. The fourth-order valence-electron chi connectivity index (χ4n) is 2.86. The number of carbonyl (C=O) groups is 1. The molecule has 3 rings (SSSR count). The molecule has 9 heteroatoms. The highest BCUT2D eigenvalue weighted by Gasteiger charge is 2.28. The van der Waals surface area contributed by atoms with Crippen LogP contribution in [0.25, 0.3) is 0 Å². The van der Waals surface area contributed by atoms with Gasteiger partial charge in [-0.25, -0.2) is 4.39 Å². The highest BCUT2D eigenvalue weighted by atomic mass is 35.5. The van der Waals surface area contributed by atoms with Gasteiger partial charge in [-0.3, -0.25) is 15.3 Å². The van der Waals surface area contributed by atoms with Gasteiger partial charge in [0.1, 0.15) is 0 Å². The van der Waals surface area contributed by atoms with Gasteiger partial charge >= 0.3 is 0 Å². The average Bonchev–Trinajstić information content (AvgIpc) is 3.19. The molecule has 1 aromatic carbocycles. The first-order valence-corrected chi connectivity index (χ1v) is 8.60. The molecular weight excluding hydrogens is 380 g/mol. The quantitative estimate of drug-likeness (QED) is 0.548. The lowest BCUT2D eigenvalue weighted by atomic mass is 9.97. The monoisotopic (exact) mass is 395 g/mol. The van der Waals surface area contributed by atoms with Crippen LogP contribution >= 0.6 is 23.2 Å². The molecule has 26 heavy (non-hydrogen) atoms. The molecule has 2 aromatic rings. The maximum atomic E-state index is 13.9. The van der Waals surface area contributed by atoms with E-state index >= 15 is 0 Å². The zero-order chi connectivity index (χ0) is 18.8. The van der Waals surface area contributed by atoms with Crippen LogP contribution < -0.4 is 5.32 Å². The summed E-state index contributed by atoms with van der Waals surface area (Å²) < 4.78 is 13.9. The fourth-order valence-corrected chi connectivity index (χ4v) is 3.31. The van der Waals surface area contributed by atoms with Gasteiger partial charge < -0.3 is 10.2 Å². The Bertz CT molecular complexity index is 895. The summed E-state index contributed by atoms with van der Waals surface area (Å²) in [5.74, 6) is -1.19. The number of aromatic nitrogens is 2. The van der Waals surface area contributed by atoms with Crippen molar-refractivity contribution in [3.05, 3.63) is 62.8 Å². The van der Waals surface area contributed by atoms with Crippen LogP contribution in [0.3, 0.4) is 0 Å². The predicted molar refractivity (Wildman–Crippen MR) is 98.4 cm³/mol. The van der Waals surface area contributed by atoms with Gasteiger partial charge in [-0.2, -0.15) is 5.10 Å². The van der Waals surface area contributed by atoms with Crippen LogP contribution in [-0.2, 0) is 0 Å². The molecule has 1 aliphatic heterocycles. The molecule has 2 heterocycles. The second kappa shape index (κ2) is 7.47. The molecule has 1 aliphatic rings. The maximum absolute atomic E-state index is 13.9. The third kappa shape index (κ3) is 3.32. The van der Waals surface area contributed by atoms with Crippen LogP contribution in [0.1, 0.15) is 22.5 Å². The molecule has 136 valence electrons. The molecule has 0 bridgehead atoms. The number of aromatic amines is 1. The fraction of sp³-hybridized carbons (Fsp3) is 0.235. The molecular formula is C17H16Cl2FN5O. The summed E-state index contributed by atoms with van der Waals surface area (Å²) in [4.78, 5) is 14.3. The highest BCUT2D eigenvalue weighted by Crippen LogP contribution is 2.29. The van der Waals surface area contributed by atoms with E-state index < -0.39 is 5.82 Å². The maximum Gasteiger partial charge on any atom is 0.255 e. The summed E-state index contributed by atoms with van der Waals surface area (Å²) in [5, 5.41) is 17.6. The minimum atomic E-state index is -0.803. The zero-order valence-corrected chi connectivity index (χ0v) is 15.4. The van der Waals surface area contributed by atoms with E-state index in [1.807, 2.05) is 0 Å². The van der Waals surface area contributed by atoms with Gasteiger partial charge in [-0.05, 0) is 24.6 Å². The van der Waals surface area contributed by atoms with Gasteiger partial charge in [0.2, 0.25) is 0 Å². The van der Waals surface area contributed by atoms with Crippen molar-refractivity contribution in [3.63, 3.8) is 0 Å². The molecule has 3 N–H and O–H groups in total. The average molecular weight is 396 g/mol. The third-order valence-corrected chi connectivity index (χ3v) is 4.93. The van der Waals surface area contributed by atoms with Gasteiger partial charge in [0.05, 0.1) is 33.6 Å². The number of H-pyrrole nitrogens is 1. The molecule has 0 saturated heterocycles. The highest BCUT2D eigenvalue weighted by molar-refractivity contribution is 6.37. The van der Waals surface area contributed by atoms with E-state index in [0.29, 0.717) is 24.4 Å². The zero-order valence-electron chi connectivity index (χ0n) is 13.9. The lowest BCUT2D eigenvalue weighted by Gasteiger charge is -2.31. The number of amides is 1. The first-order chi connectivity index (χ1) is 12.4. The minimum absolute atomic E-state index is 0.0658. The van der Waals surface area contributed by atoms with Crippen LogP contribution in [0.5, 0.6) is 0 Å². The summed E-state index contributed by atoms with van der Waals surface area (Å²) in [6, 6.07) is 4.45. The second-order valence-electron chi connectivity index (χ2n) is 5.75. The summed E-state index contributed by atoms with van der Waals surface area (Å²) in [6.45, 7) is 0.651. The van der Waals surface area contributed by atoms with Crippen LogP contribution in [0.4, 0.5) is 4.39 Å². The van der Waals surface area contributed by atoms with Crippen molar-refractivity contribution in [2.45, 2.75) is 6.42 Å². The Morgan fingerprint density at radius 1 is 1.38 bits per heavy atom. The van der Waals surface area contributed by atoms with E-state index in [2.05, 4.69) is 15.5 Å². The van der Waals surface area contributed by atoms with E-state index in [4.69, 9.17) is 28.6 Å². The molecule has 0 radical (unpaired) electrons.